The number of amides is 1. The number of hydrogen-bond acceptors (Lipinski definition) is 6. The lowest BCUT2D eigenvalue weighted by Crippen LogP contribution is -2.39. The van der Waals surface area contributed by atoms with Crippen LogP contribution < -0.4 is 5.32 Å². The molecule has 1 unspecified atom stereocenters. The van der Waals surface area contributed by atoms with Gasteiger partial charge in [-0.05, 0) is 56.5 Å². The Morgan fingerprint density at radius 1 is 1.33 bits per heavy atom. The van der Waals surface area contributed by atoms with Gasteiger partial charge >= 0.3 is 0 Å². The summed E-state index contributed by atoms with van der Waals surface area (Å²) in [5.41, 5.74) is 3.21. The number of benzene rings is 1. The zero-order chi connectivity index (χ0) is 19.2. The van der Waals surface area contributed by atoms with E-state index < -0.39 is 0 Å². The van der Waals surface area contributed by atoms with Crippen LogP contribution in [0, 0.1) is 13.8 Å². The molecular formula is C20H28N4O3. The van der Waals surface area contributed by atoms with Crippen LogP contribution in [0.3, 0.4) is 0 Å². The number of nitrogens with zero attached hydrogens (tertiary/aromatic N) is 3. The van der Waals surface area contributed by atoms with Crippen LogP contribution in [0.5, 0.6) is 0 Å². The molecule has 0 radical (unpaired) electrons. The first kappa shape index (κ1) is 19.5. The van der Waals surface area contributed by atoms with E-state index in [4.69, 9.17) is 9.26 Å². The molecule has 1 amide bonds. The van der Waals surface area contributed by atoms with Crippen LogP contribution in [0.25, 0.3) is 0 Å². The van der Waals surface area contributed by atoms with Gasteiger partial charge < -0.3 is 14.6 Å². The van der Waals surface area contributed by atoms with Gasteiger partial charge in [-0.15, -0.1) is 0 Å². The van der Waals surface area contributed by atoms with Gasteiger partial charge in [0.15, 0.2) is 5.82 Å². The summed E-state index contributed by atoms with van der Waals surface area (Å²) in [6, 6.07) is 5.96. The summed E-state index contributed by atoms with van der Waals surface area (Å²) in [6.07, 6.45) is 3.70. The maximum Gasteiger partial charge on any atom is 0.244 e. The minimum Gasteiger partial charge on any atom is -0.384 e. The third kappa shape index (κ3) is 5.14. The maximum atomic E-state index is 12.6. The number of rotatable bonds is 7. The van der Waals surface area contributed by atoms with Crippen molar-refractivity contribution in [3.05, 3.63) is 41.0 Å². The molecule has 7 nitrogen and oxygen atoms in total. The van der Waals surface area contributed by atoms with Crippen LogP contribution in [0.2, 0.25) is 0 Å². The summed E-state index contributed by atoms with van der Waals surface area (Å²) in [6.45, 7) is 5.83. The standard InChI is InChI=1S/C20H28N4O3/c1-14-7-8-16(12-15(14)2)21-19(25)13-24-10-5-4-6-17(24)20-22-18(23-27-20)9-11-26-3/h7-8,12,17H,4-6,9-11,13H2,1-3H3,(H,21,25). The first-order valence-corrected chi connectivity index (χ1v) is 9.49. The molecule has 1 saturated heterocycles. The lowest BCUT2D eigenvalue weighted by molar-refractivity contribution is -0.118. The van der Waals surface area contributed by atoms with Gasteiger partial charge in [0.2, 0.25) is 11.8 Å². The fourth-order valence-electron chi connectivity index (χ4n) is 3.36. The topological polar surface area (TPSA) is 80.5 Å². The van der Waals surface area contributed by atoms with Gasteiger partial charge in [0.05, 0.1) is 19.2 Å². The zero-order valence-electron chi connectivity index (χ0n) is 16.3. The quantitative estimate of drug-likeness (QED) is 0.805. The van der Waals surface area contributed by atoms with Crippen molar-refractivity contribution < 1.29 is 14.1 Å². The van der Waals surface area contributed by atoms with Gasteiger partial charge in [0, 0.05) is 19.2 Å². The van der Waals surface area contributed by atoms with E-state index in [9.17, 15) is 4.79 Å². The molecule has 7 heteroatoms. The van der Waals surface area contributed by atoms with Gasteiger partial charge in [-0.3, -0.25) is 9.69 Å². The van der Waals surface area contributed by atoms with E-state index in [0.717, 1.165) is 37.1 Å². The van der Waals surface area contributed by atoms with Crippen molar-refractivity contribution in [1.82, 2.24) is 15.0 Å². The van der Waals surface area contributed by atoms with Crippen LogP contribution >= 0.6 is 0 Å². The van der Waals surface area contributed by atoms with Crippen LogP contribution in [-0.2, 0) is 16.0 Å². The summed E-state index contributed by atoms with van der Waals surface area (Å²) >= 11 is 0. The molecule has 2 aromatic rings. The number of aryl methyl sites for hydroxylation is 2. The molecule has 27 heavy (non-hydrogen) atoms. The van der Waals surface area contributed by atoms with Crippen molar-refractivity contribution in [2.45, 2.75) is 45.6 Å². The third-order valence-corrected chi connectivity index (χ3v) is 5.05. The SMILES string of the molecule is COCCc1noc(C2CCCCN2CC(=O)Nc2ccc(C)c(C)c2)n1. The summed E-state index contributed by atoms with van der Waals surface area (Å²) in [5.74, 6) is 1.22. The molecular weight excluding hydrogens is 344 g/mol. The van der Waals surface area contributed by atoms with E-state index in [1.165, 1.54) is 5.56 Å². The van der Waals surface area contributed by atoms with Crippen molar-refractivity contribution in [3.8, 4) is 0 Å². The Kier molecular flexibility index (Phi) is 6.58. The van der Waals surface area contributed by atoms with Gasteiger partial charge in [-0.2, -0.15) is 4.98 Å². The Balaban J connectivity index is 1.63. The highest BCUT2D eigenvalue weighted by Crippen LogP contribution is 2.29. The van der Waals surface area contributed by atoms with Gasteiger partial charge in [0.25, 0.3) is 0 Å². The van der Waals surface area contributed by atoms with Crippen molar-refractivity contribution >= 4 is 11.6 Å². The predicted octanol–water partition coefficient (Wildman–Crippen LogP) is 3.04. The van der Waals surface area contributed by atoms with Gasteiger partial charge in [-0.25, -0.2) is 0 Å². The number of ether oxygens (including phenoxy) is 1. The molecule has 3 rings (SSSR count). The molecule has 2 heterocycles. The number of carbonyl (C=O) groups is 1. The Morgan fingerprint density at radius 2 is 2.19 bits per heavy atom. The minimum atomic E-state index is -0.0238. The fraction of sp³-hybridized carbons (Fsp3) is 0.550. The Hall–Kier alpha value is -2.25. The highest BCUT2D eigenvalue weighted by Gasteiger charge is 2.30. The van der Waals surface area contributed by atoms with Crippen molar-refractivity contribution in [2.75, 3.05) is 32.1 Å². The second kappa shape index (κ2) is 9.10. The average molecular weight is 372 g/mol. The third-order valence-electron chi connectivity index (χ3n) is 5.05. The van der Waals surface area contributed by atoms with E-state index in [-0.39, 0.29) is 11.9 Å². The highest BCUT2D eigenvalue weighted by molar-refractivity contribution is 5.92. The lowest BCUT2D eigenvalue weighted by Gasteiger charge is -2.32. The summed E-state index contributed by atoms with van der Waals surface area (Å²) < 4.78 is 10.5. The molecule has 1 fully saturated rings. The highest BCUT2D eigenvalue weighted by atomic mass is 16.5. The number of methoxy groups -OCH3 is 1. The smallest absolute Gasteiger partial charge is 0.244 e. The second-order valence-corrected chi connectivity index (χ2v) is 7.12. The number of aromatic nitrogens is 2. The number of carbonyl (C=O) groups excluding carboxylic acids is 1. The first-order chi connectivity index (χ1) is 13.1. The molecule has 0 bridgehead atoms. The van der Waals surface area contributed by atoms with E-state index in [1.54, 1.807) is 7.11 Å². The normalized spacial score (nSPS) is 17.8. The number of piperidine rings is 1. The van der Waals surface area contributed by atoms with Crippen molar-refractivity contribution in [3.63, 3.8) is 0 Å². The molecule has 0 spiro atoms. The van der Waals surface area contributed by atoms with Crippen LogP contribution in [0.15, 0.2) is 22.7 Å². The molecule has 1 aliphatic heterocycles. The predicted molar refractivity (Wildman–Crippen MR) is 103 cm³/mol. The Bertz CT molecular complexity index is 774. The average Bonchev–Trinajstić information content (AvgIpc) is 3.12. The molecule has 1 aromatic heterocycles. The molecule has 1 atom stereocenters. The second-order valence-electron chi connectivity index (χ2n) is 7.12. The maximum absolute atomic E-state index is 12.6. The van der Waals surface area contributed by atoms with Crippen molar-refractivity contribution in [2.24, 2.45) is 0 Å². The molecule has 1 N–H and O–H groups in total. The van der Waals surface area contributed by atoms with E-state index >= 15 is 0 Å². The summed E-state index contributed by atoms with van der Waals surface area (Å²) in [7, 11) is 1.65. The summed E-state index contributed by atoms with van der Waals surface area (Å²) in [5, 5.41) is 7.03. The molecule has 146 valence electrons. The van der Waals surface area contributed by atoms with Crippen LogP contribution in [0.1, 0.15) is 48.1 Å². The minimum absolute atomic E-state index is 0.00644. The number of likely N-dealkylation sites (tertiary alicyclic amines) is 1. The molecule has 1 aromatic carbocycles. The zero-order valence-corrected chi connectivity index (χ0v) is 16.3. The van der Waals surface area contributed by atoms with Crippen molar-refractivity contribution in [1.29, 1.82) is 0 Å². The largest absolute Gasteiger partial charge is 0.384 e. The van der Waals surface area contributed by atoms with E-state index in [0.29, 0.717) is 31.3 Å². The lowest BCUT2D eigenvalue weighted by atomic mass is 10.0. The fourth-order valence-corrected chi connectivity index (χ4v) is 3.36. The number of nitrogens with one attached hydrogen (secondary N) is 1. The first-order valence-electron chi connectivity index (χ1n) is 9.49. The molecule has 0 saturated carbocycles. The Morgan fingerprint density at radius 3 is 2.96 bits per heavy atom. The van der Waals surface area contributed by atoms with Crippen LogP contribution in [0.4, 0.5) is 5.69 Å². The number of hydrogen-bond donors (Lipinski definition) is 1. The Labute approximate surface area is 160 Å². The van der Waals surface area contributed by atoms with Gasteiger partial charge in [0.1, 0.15) is 0 Å². The monoisotopic (exact) mass is 372 g/mol. The molecule has 0 aliphatic carbocycles. The number of anilines is 1. The van der Waals surface area contributed by atoms with E-state index in [1.807, 2.05) is 25.1 Å². The van der Waals surface area contributed by atoms with Gasteiger partial charge in [-0.1, -0.05) is 17.6 Å². The summed E-state index contributed by atoms with van der Waals surface area (Å²) in [4.78, 5) is 19.2. The van der Waals surface area contributed by atoms with Crippen LogP contribution in [-0.4, -0.2) is 47.8 Å². The van der Waals surface area contributed by atoms with E-state index in [2.05, 4.69) is 27.3 Å². The molecule has 1 aliphatic rings.